The quantitative estimate of drug-likeness (QED) is 0.873. The van der Waals surface area contributed by atoms with Gasteiger partial charge in [-0.25, -0.2) is 14.3 Å². The monoisotopic (exact) mass is 318 g/mol. The van der Waals surface area contributed by atoms with E-state index in [1.807, 2.05) is 44.2 Å². The number of amides is 1. The molecule has 0 unspecified atom stereocenters. The van der Waals surface area contributed by atoms with Crippen LogP contribution in [0.2, 0.25) is 0 Å². The molecule has 122 valence electrons. The van der Waals surface area contributed by atoms with Crippen LogP contribution in [0.1, 0.15) is 29.9 Å². The van der Waals surface area contributed by atoms with Crippen LogP contribution >= 0.6 is 0 Å². The Bertz CT molecular complexity index is 680. The summed E-state index contributed by atoms with van der Waals surface area (Å²) in [5, 5.41) is 16.6. The smallest absolute Gasteiger partial charge is 0.416 e. The van der Waals surface area contributed by atoms with Crippen LogP contribution < -0.4 is 4.74 Å². The minimum Gasteiger partial charge on any atom is -0.476 e. The molecule has 0 radical (unpaired) electrons. The van der Waals surface area contributed by atoms with Gasteiger partial charge in [0.1, 0.15) is 0 Å². The van der Waals surface area contributed by atoms with E-state index in [0.717, 1.165) is 5.56 Å². The van der Waals surface area contributed by atoms with Crippen molar-refractivity contribution >= 4 is 12.1 Å². The minimum atomic E-state index is -1.30. The molecular weight excluding hydrogens is 300 g/mol. The van der Waals surface area contributed by atoms with Crippen molar-refractivity contribution in [2.45, 2.75) is 20.4 Å². The third-order valence-electron chi connectivity index (χ3n) is 3.27. The maximum absolute atomic E-state index is 12.1. The van der Waals surface area contributed by atoms with Gasteiger partial charge in [-0.15, -0.1) is 5.10 Å². The fraction of sp³-hybridized carbons (Fsp3) is 0.333. The van der Waals surface area contributed by atoms with E-state index < -0.39 is 12.1 Å². The fourth-order valence-electron chi connectivity index (χ4n) is 2.03. The molecule has 0 fully saturated rings. The first-order valence-corrected chi connectivity index (χ1v) is 7.24. The Labute approximate surface area is 133 Å². The van der Waals surface area contributed by atoms with Crippen LogP contribution in [0, 0.1) is 0 Å². The van der Waals surface area contributed by atoms with Crippen LogP contribution in [-0.2, 0) is 6.54 Å². The number of aromatic carboxylic acids is 1. The molecule has 0 aliphatic rings. The second kappa shape index (κ2) is 7.39. The van der Waals surface area contributed by atoms with E-state index in [2.05, 4.69) is 10.3 Å². The highest BCUT2D eigenvalue weighted by Crippen LogP contribution is 2.18. The average molecular weight is 318 g/mol. The number of ether oxygens (including phenoxy) is 1. The van der Waals surface area contributed by atoms with Gasteiger partial charge in [-0.3, -0.25) is 0 Å². The largest absolute Gasteiger partial charge is 0.476 e. The molecule has 0 aliphatic carbocycles. The van der Waals surface area contributed by atoms with Gasteiger partial charge in [0, 0.05) is 13.1 Å². The fourth-order valence-corrected chi connectivity index (χ4v) is 2.03. The molecular formula is C15H18N4O4. The molecule has 0 atom stereocenters. The van der Waals surface area contributed by atoms with Crippen LogP contribution in [0.15, 0.2) is 30.3 Å². The molecule has 0 spiro atoms. The number of carbonyl (C=O) groups is 2. The van der Waals surface area contributed by atoms with Gasteiger partial charge in [0.15, 0.2) is 0 Å². The summed E-state index contributed by atoms with van der Waals surface area (Å²) in [5.41, 5.74) is 0.496. The van der Waals surface area contributed by atoms with Gasteiger partial charge in [-0.1, -0.05) is 35.5 Å². The first-order valence-electron chi connectivity index (χ1n) is 7.24. The Balaban J connectivity index is 2.30. The van der Waals surface area contributed by atoms with E-state index in [0.29, 0.717) is 13.1 Å². The number of hydrogen-bond acceptors (Lipinski definition) is 5. The van der Waals surface area contributed by atoms with Gasteiger partial charge in [-0.05, 0) is 19.4 Å². The maximum Gasteiger partial charge on any atom is 0.416 e. The van der Waals surface area contributed by atoms with Crippen LogP contribution in [-0.4, -0.2) is 50.2 Å². The van der Waals surface area contributed by atoms with E-state index in [1.165, 1.54) is 9.58 Å². The number of benzene rings is 1. The second-order valence-electron chi connectivity index (χ2n) is 4.73. The third kappa shape index (κ3) is 3.85. The number of carbonyl (C=O) groups excluding carboxylic acids is 1. The van der Waals surface area contributed by atoms with E-state index in [4.69, 9.17) is 4.74 Å². The topological polar surface area (TPSA) is 97.6 Å². The number of nitrogens with zero attached hydrogens (tertiary/aromatic N) is 4. The maximum atomic E-state index is 12.1. The Morgan fingerprint density at radius 2 is 1.87 bits per heavy atom. The van der Waals surface area contributed by atoms with Crippen LogP contribution in [0.25, 0.3) is 0 Å². The van der Waals surface area contributed by atoms with Gasteiger partial charge in [0.25, 0.3) is 5.88 Å². The summed E-state index contributed by atoms with van der Waals surface area (Å²) in [6, 6.07) is 9.29. The van der Waals surface area contributed by atoms with Gasteiger partial charge in [-0.2, -0.15) is 0 Å². The zero-order valence-corrected chi connectivity index (χ0v) is 13.0. The molecule has 0 saturated carbocycles. The number of carboxylic acid groups (broad SMARTS) is 1. The molecule has 2 rings (SSSR count). The first kappa shape index (κ1) is 16.5. The molecule has 1 aromatic heterocycles. The van der Waals surface area contributed by atoms with Crippen LogP contribution in [0.5, 0.6) is 5.88 Å². The SMILES string of the molecule is CCN(CC)C(=O)Oc1c(C(=O)O)nnn1Cc1ccccc1. The van der Waals surface area contributed by atoms with Crippen molar-refractivity contribution in [2.75, 3.05) is 13.1 Å². The summed E-state index contributed by atoms with van der Waals surface area (Å²) in [4.78, 5) is 24.8. The van der Waals surface area contributed by atoms with E-state index in [-0.39, 0.29) is 18.1 Å². The lowest BCUT2D eigenvalue weighted by molar-refractivity contribution is 0.0686. The van der Waals surface area contributed by atoms with E-state index in [1.54, 1.807) is 0 Å². The number of rotatable bonds is 6. The first-order chi connectivity index (χ1) is 11.1. The van der Waals surface area contributed by atoms with Gasteiger partial charge in [0.2, 0.25) is 5.69 Å². The average Bonchev–Trinajstić information content (AvgIpc) is 2.92. The molecule has 1 amide bonds. The van der Waals surface area contributed by atoms with Crippen molar-refractivity contribution < 1.29 is 19.4 Å². The standard InChI is InChI=1S/C15H18N4O4/c1-3-18(4-2)15(22)23-13-12(14(20)21)16-17-19(13)10-11-8-6-5-7-9-11/h5-9H,3-4,10H2,1-2H3,(H,20,21). The Morgan fingerprint density at radius 3 is 2.43 bits per heavy atom. The summed E-state index contributed by atoms with van der Waals surface area (Å²) >= 11 is 0. The van der Waals surface area contributed by atoms with Crippen molar-refractivity contribution in [3.8, 4) is 5.88 Å². The van der Waals surface area contributed by atoms with Gasteiger partial charge >= 0.3 is 12.1 Å². The Hall–Kier alpha value is -2.90. The molecule has 23 heavy (non-hydrogen) atoms. The summed E-state index contributed by atoms with van der Waals surface area (Å²) in [6.07, 6.45) is -0.630. The van der Waals surface area contributed by atoms with Crippen molar-refractivity contribution in [3.05, 3.63) is 41.6 Å². The highest BCUT2D eigenvalue weighted by Gasteiger charge is 2.25. The molecule has 8 heteroatoms. The molecule has 0 saturated heterocycles. The zero-order chi connectivity index (χ0) is 16.8. The molecule has 0 bridgehead atoms. The Morgan fingerprint density at radius 1 is 1.22 bits per heavy atom. The summed E-state index contributed by atoms with van der Waals surface area (Å²) in [5.74, 6) is -1.47. The predicted octanol–water partition coefficient (Wildman–Crippen LogP) is 1.87. The molecule has 0 aliphatic heterocycles. The predicted molar refractivity (Wildman–Crippen MR) is 81.5 cm³/mol. The summed E-state index contributed by atoms with van der Waals surface area (Å²) in [7, 11) is 0. The lowest BCUT2D eigenvalue weighted by Crippen LogP contribution is -2.34. The normalized spacial score (nSPS) is 10.3. The van der Waals surface area contributed by atoms with Crippen molar-refractivity contribution in [1.82, 2.24) is 19.9 Å². The third-order valence-corrected chi connectivity index (χ3v) is 3.27. The Kier molecular flexibility index (Phi) is 5.29. The van der Waals surface area contributed by atoms with E-state index in [9.17, 15) is 14.7 Å². The van der Waals surface area contributed by atoms with Crippen LogP contribution in [0.3, 0.4) is 0 Å². The van der Waals surface area contributed by atoms with Gasteiger partial charge in [0.05, 0.1) is 6.54 Å². The van der Waals surface area contributed by atoms with Gasteiger partial charge < -0.3 is 14.7 Å². The summed E-state index contributed by atoms with van der Waals surface area (Å²) < 4.78 is 6.50. The van der Waals surface area contributed by atoms with E-state index >= 15 is 0 Å². The molecule has 1 heterocycles. The molecule has 1 aromatic carbocycles. The van der Waals surface area contributed by atoms with Crippen LogP contribution in [0.4, 0.5) is 4.79 Å². The second-order valence-corrected chi connectivity index (χ2v) is 4.73. The number of carboxylic acids is 1. The minimum absolute atomic E-state index is 0.168. The highest BCUT2D eigenvalue weighted by atomic mass is 16.6. The summed E-state index contributed by atoms with van der Waals surface area (Å²) in [6.45, 7) is 4.78. The van der Waals surface area contributed by atoms with Crippen molar-refractivity contribution in [2.24, 2.45) is 0 Å². The lowest BCUT2D eigenvalue weighted by atomic mass is 10.2. The highest BCUT2D eigenvalue weighted by molar-refractivity contribution is 5.88. The number of hydrogen-bond donors (Lipinski definition) is 1. The van der Waals surface area contributed by atoms with Crippen molar-refractivity contribution in [1.29, 1.82) is 0 Å². The molecule has 8 nitrogen and oxygen atoms in total. The van der Waals surface area contributed by atoms with Crippen molar-refractivity contribution in [3.63, 3.8) is 0 Å². The zero-order valence-electron chi connectivity index (χ0n) is 13.0. The lowest BCUT2D eigenvalue weighted by Gasteiger charge is -2.18. The molecule has 1 N–H and O–H groups in total. The molecule has 2 aromatic rings. The number of aromatic nitrogens is 3.